The van der Waals surface area contributed by atoms with E-state index in [4.69, 9.17) is 22.7 Å². The molecular weight excluding hydrogens is 218 g/mol. The lowest BCUT2D eigenvalue weighted by atomic mass is 10.3. The number of amidine groups is 1. The van der Waals surface area contributed by atoms with Gasteiger partial charge in [0.05, 0.1) is 11.5 Å². The lowest BCUT2D eigenvalue weighted by molar-refractivity contribution is 0.0972. The molecule has 0 saturated carbocycles. The van der Waals surface area contributed by atoms with Crippen LogP contribution in [0.5, 0.6) is 0 Å². The number of aryl methyl sites for hydroxylation is 1. The number of hydrogen-bond acceptors (Lipinski definition) is 5. The molecule has 0 fully saturated rings. The molecule has 1 aromatic rings. The smallest absolute Gasteiger partial charge is 0.279 e. The van der Waals surface area contributed by atoms with Gasteiger partial charge in [-0.25, -0.2) is 9.97 Å². The van der Waals surface area contributed by atoms with Crippen LogP contribution in [0.2, 0.25) is 5.15 Å². The van der Waals surface area contributed by atoms with E-state index in [1.54, 1.807) is 6.92 Å². The first kappa shape index (κ1) is 11.4. The van der Waals surface area contributed by atoms with Crippen LogP contribution in [-0.4, -0.2) is 21.7 Å². The zero-order valence-electron chi connectivity index (χ0n) is 8.26. The zero-order valence-corrected chi connectivity index (χ0v) is 9.01. The minimum absolute atomic E-state index is 0.00195. The van der Waals surface area contributed by atoms with Crippen molar-refractivity contribution >= 4 is 29.2 Å². The van der Waals surface area contributed by atoms with Crippen molar-refractivity contribution in [3.05, 3.63) is 16.5 Å². The van der Waals surface area contributed by atoms with Crippen LogP contribution in [0.15, 0.2) is 0 Å². The van der Waals surface area contributed by atoms with Gasteiger partial charge in [-0.1, -0.05) is 11.6 Å². The maximum atomic E-state index is 11.4. The van der Waals surface area contributed by atoms with Crippen LogP contribution >= 0.6 is 11.6 Å². The quantitative estimate of drug-likeness (QED) is 0.486. The number of anilines is 1. The van der Waals surface area contributed by atoms with Crippen LogP contribution in [0.3, 0.4) is 0 Å². The number of carbonyl (C=O) groups excluding carboxylic acids is 1. The molecule has 1 heterocycles. The highest BCUT2D eigenvalue weighted by Gasteiger charge is 2.15. The fourth-order valence-electron chi connectivity index (χ4n) is 0.913. The van der Waals surface area contributed by atoms with Gasteiger partial charge >= 0.3 is 0 Å². The molecule has 7 heteroatoms. The average Bonchev–Trinajstić information content (AvgIpc) is 2.09. The predicted molar refractivity (Wildman–Crippen MR) is 57.1 cm³/mol. The Morgan fingerprint density at radius 3 is 2.67 bits per heavy atom. The lowest BCUT2D eigenvalue weighted by Crippen LogP contribution is -2.29. The van der Waals surface area contributed by atoms with E-state index in [9.17, 15) is 4.79 Å². The summed E-state index contributed by atoms with van der Waals surface area (Å²) in [7, 11) is 0. The molecule has 1 rings (SSSR count). The topological polar surface area (TPSA) is 105 Å². The summed E-state index contributed by atoms with van der Waals surface area (Å²) in [5.41, 5.74) is 5.89. The second-order valence-electron chi connectivity index (χ2n) is 2.91. The van der Waals surface area contributed by atoms with Gasteiger partial charge in [-0.05, 0) is 13.8 Å². The lowest BCUT2D eigenvalue weighted by Gasteiger charge is -2.06. The van der Waals surface area contributed by atoms with E-state index in [2.05, 4.69) is 15.3 Å². The van der Waals surface area contributed by atoms with Gasteiger partial charge in [0.2, 0.25) is 0 Å². The Labute approximate surface area is 91.4 Å². The number of hydrogen-bond donors (Lipinski definition) is 3. The van der Waals surface area contributed by atoms with E-state index in [1.165, 1.54) is 6.92 Å². The van der Waals surface area contributed by atoms with Crippen LogP contribution in [0.4, 0.5) is 5.82 Å². The number of halogens is 1. The van der Waals surface area contributed by atoms with Gasteiger partial charge in [0, 0.05) is 0 Å². The van der Waals surface area contributed by atoms with Crippen LogP contribution in [-0.2, 0) is 0 Å². The molecule has 4 N–H and O–H groups in total. The van der Waals surface area contributed by atoms with E-state index >= 15 is 0 Å². The summed E-state index contributed by atoms with van der Waals surface area (Å²) >= 11 is 5.70. The summed E-state index contributed by atoms with van der Waals surface area (Å²) in [5.74, 6) is -0.594. The molecule has 0 atom stereocenters. The molecular formula is C8H10ClN5O. The summed E-state index contributed by atoms with van der Waals surface area (Å²) in [4.78, 5) is 19.1. The molecule has 0 unspecified atom stereocenters. The van der Waals surface area contributed by atoms with E-state index in [0.717, 1.165) is 0 Å². The standard InChI is InChI=1S/C8H10ClN5O/c1-3-6(9)14-5(7(11)12-3)8(15)13-4(2)10/h1-2H3,(H2,11,12)(H2,10,13,15). The third-order valence-corrected chi connectivity index (χ3v) is 1.91. The predicted octanol–water partition coefficient (Wildman–Crippen LogP) is 0.748. The normalized spacial score (nSPS) is 9.80. The van der Waals surface area contributed by atoms with Crippen LogP contribution in [0.25, 0.3) is 0 Å². The molecule has 1 amide bonds. The number of rotatable bonds is 1. The fourth-order valence-corrected chi connectivity index (χ4v) is 1.04. The molecule has 0 aromatic carbocycles. The molecule has 80 valence electrons. The Hall–Kier alpha value is -1.69. The van der Waals surface area contributed by atoms with Crippen molar-refractivity contribution in [2.24, 2.45) is 0 Å². The molecule has 0 aliphatic rings. The fraction of sp³-hybridized carbons (Fsp3) is 0.250. The van der Waals surface area contributed by atoms with Crippen LogP contribution in [0, 0.1) is 12.3 Å². The van der Waals surface area contributed by atoms with E-state index < -0.39 is 5.91 Å². The summed E-state index contributed by atoms with van der Waals surface area (Å²) in [5, 5.41) is 9.46. The van der Waals surface area contributed by atoms with Gasteiger partial charge in [0.15, 0.2) is 16.7 Å². The van der Waals surface area contributed by atoms with Crippen LogP contribution in [0.1, 0.15) is 23.1 Å². The van der Waals surface area contributed by atoms with Crippen molar-refractivity contribution in [2.45, 2.75) is 13.8 Å². The Bertz CT molecular complexity index is 431. The molecule has 15 heavy (non-hydrogen) atoms. The van der Waals surface area contributed by atoms with E-state index in [0.29, 0.717) is 5.69 Å². The molecule has 6 nitrogen and oxygen atoms in total. The second-order valence-corrected chi connectivity index (χ2v) is 3.27. The highest BCUT2D eigenvalue weighted by molar-refractivity contribution is 6.30. The van der Waals surface area contributed by atoms with Crippen molar-refractivity contribution in [3.63, 3.8) is 0 Å². The molecule has 0 aliphatic heterocycles. The molecule has 0 saturated heterocycles. The number of nitrogen functional groups attached to an aromatic ring is 1. The van der Waals surface area contributed by atoms with Gasteiger partial charge < -0.3 is 11.1 Å². The first-order valence-corrected chi connectivity index (χ1v) is 4.45. The van der Waals surface area contributed by atoms with Crippen molar-refractivity contribution < 1.29 is 4.79 Å². The summed E-state index contributed by atoms with van der Waals surface area (Å²) in [6, 6.07) is 0. The third-order valence-electron chi connectivity index (χ3n) is 1.56. The Balaban J connectivity index is 3.09. The summed E-state index contributed by atoms with van der Waals surface area (Å²) in [6.07, 6.45) is 0. The maximum Gasteiger partial charge on any atom is 0.279 e. The molecule has 0 bridgehead atoms. The van der Waals surface area contributed by atoms with Gasteiger partial charge in [0.1, 0.15) is 0 Å². The van der Waals surface area contributed by atoms with Crippen LogP contribution < -0.4 is 11.1 Å². The molecule has 1 aromatic heterocycles. The highest BCUT2D eigenvalue weighted by atomic mass is 35.5. The van der Waals surface area contributed by atoms with Gasteiger partial charge in [-0.2, -0.15) is 0 Å². The second kappa shape index (κ2) is 4.22. The van der Waals surface area contributed by atoms with E-state index in [-0.39, 0.29) is 22.5 Å². The Kier molecular flexibility index (Phi) is 3.21. The summed E-state index contributed by atoms with van der Waals surface area (Å²) in [6.45, 7) is 3.06. The number of aromatic nitrogens is 2. The Morgan fingerprint density at radius 1 is 1.53 bits per heavy atom. The number of carbonyl (C=O) groups is 1. The number of nitrogens with two attached hydrogens (primary N) is 1. The maximum absolute atomic E-state index is 11.4. The first-order chi connectivity index (χ1) is 6.91. The third kappa shape index (κ3) is 2.63. The van der Waals surface area contributed by atoms with Crippen molar-refractivity contribution in [3.8, 4) is 0 Å². The van der Waals surface area contributed by atoms with Crippen molar-refractivity contribution in [2.75, 3.05) is 5.73 Å². The highest BCUT2D eigenvalue weighted by Crippen LogP contribution is 2.14. The SMILES string of the molecule is CC(=N)NC(=O)c1nc(Cl)c(C)nc1N. The van der Waals surface area contributed by atoms with Gasteiger partial charge in [0.25, 0.3) is 5.91 Å². The minimum atomic E-state index is -0.589. The largest absolute Gasteiger partial charge is 0.382 e. The number of nitrogens with one attached hydrogen (secondary N) is 2. The molecule has 0 spiro atoms. The monoisotopic (exact) mass is 227 g/mol. The van der Waals surface area contributed by atoms with Gasteiger partial charge in [-0.15, -0.1) is 0 Å². The van der Waals surface area contributed by atoms with Gasteiger partial charge in [-0.3, -0.25) is 10.2 Å². The van der Waals surface area contributed by atoms with Crippen molar-refractivity contribution in [1.82, 2.24) is 15.3 Å². The van der Waals surface area contributed by atoms with Crippen molar-refractivity contribution in [1.29, 1.82) is 5.41 Å². The first-order valence-electron chi connectivity index (χ1n) is 4.08. The van der Waals surface area contributed by atoms with E-state index in [1.807, 2.05) is 0 Å². The molecule has 0 aliphatic carbocycles. The zero-order chi connectivity index (χ0) is 11.6. The average molecular weight is 228 g/mol. The summed E-state index contributed by atoms with van der Waals surface area (Å²) < 4.78 is 0. The number of nitrogens with zero attached hydrogens (tertiary/aromatic N) is 2. The minimum Gasteiger partial charge on any atom is -0.382 e. The number of amides is 1. The Morgan fingerprint density at radius 2 is 2.13 bits per heavy atom. The molecule has 0 radical (unpaired) electrons.